The fraction of sp³-hybridized carbons (Fsp3) is 0.444. The van der Waals surface area contributed by atoms with Gasteiger partial charge in [-0.3, -0.25) is 0 Å². The van der Waals surface area contributed by atoms with E-state index in [1.165, 1.54) is 0 Å². The Balaban J connectivity index is 3.08. The van der Waals surface area contributed by atoms with Gasteiger partial charge in [-0.15, -0.1) is 11.6 Å². The van der Waals surface area contributed by atoms with Crippen LogP contribution in [-0.2, 0) is 5.88 Å². The Bertz CT molecular complexity index is 291. The van der Waals surface area contributed by atoms with Crippen molar-refractivity contribution in [3.63, 3.8) is 0 Å². The van der Waals surface area contributed by atoms with Crippen LogP contribution in [0.2, 0.25) is 0 Å². The molecule has 0 bridgehead atoms. The van der Waals surface area contributed by atoms with Crippen LogP contribution >= 0.6 is 11.6 Å². The number of rotatable bonds is 3. The second-order valence-corrected chi connectivity index (χ2v) is 3.02. The molecule has 1 aromatic heterocycles. The van der Waals surface area contributed by atoms with Crippen molar-refractivity contribution in [1.82, 2.24) is 4.98 Å². The van der Waals surface area contributed by atoms with E-state index in [4.69, 9.17) is 11.6 Å². The van der Waals surface area contributed by atoms with E-state index in [1.54, 1.807) is 24.2 Å². The zero-order valence-electron chi connectivity index (χ0n) is 7.72. The highest BCUT2D eigenvalue weighted by Gasteiger charge is 2.10. The fourth-order valence-corrected chi connectivity index (χ4v) is 1.20. The van der Waals surface area contributed by atoms with Gasteiger partial charge in [0.2, 0.25) is 0 Å². The molecule has 72 valence electrons. The van der Waals surface area contributed by atoms with Crippen LogP contribution < -0.4 is 4.90 Å². The number of hydrogen-bond donors (Lipinski definition) is 0. The normalized spacial score (nSPS) is 10.2. The molecule has 2 nitrogen and oxygen atoms in total. The number of hydrogen-bond acceptors (Lipinski definition) is 2. The van der Waals surface area contributed by atoms with E-state index in [0.29, 0.717) is 11.4 Å². The maximum absolute atomic E-state index is 13.5. The summed E-state index contributed by atoms with van der Waals surface area (Å²) in [7, 11) is 1.80. The summed E-state index contributed by atoms with van der Waals surface area (Å²) in [6.07, 6.45) is 1.57. The first-order valence-electron chi connectivity index (χ1n) is 4.11. The molecule has 0 N–H and O–H groups in total. The summed E-state index contributed by atoms with van der Waals surface area (Å²) in [6.45, 7) is 2.66. The Morgan fingerprint density at radius 1 is 1.62 bits per heavy atom. The van der Waals surface area contributed by atoms with Gasteiger partial charge >= 0.3 is 0 Å². The highest BCUT2D eigenvalue weighted by Crippen LogP contribution is 2.19. The first kappa shape index (κ1) is 10.3. The molecule has 1 rings (SSSR count). The molecule has 1 heterocycles. The quantitative estimate of drug-likeness (QED) is 0.700. The van der Waals surface area contributed by atoms with Gasteiger partial charge in [-0.25, -0.2) is 9.37 Å². The molecule has 0 saturated heterocycles. The van der Waals surface area contributed by atoms with E-state index in [2.05, 4.69) is 4.98 Å². The van der Waals surface area contributed by atoms with Crippen LogP contribution in [0.4, 0.5) is 10.2 Å². The molecule has 13 heavy (non-hydrogen) atoms. The molecule has 0 aliphatic heterocycles. The van der Waals surface area contributed by atoms with E-state index >= 15 is 0 Å². The van der Waals surface area contributed by atoms with Gasteiger partial charge in [-0.2, -0.15) is 0 Å². The number of alkyl halides is 1. The van der Waals surface area contributed by atoms with Gasteiger partial charge in [-0.1, -0.05) is 0 Å². The van der Waals surface area contributed by atoms with Crippen LogP contribution in [0.25, 0.3) is 0 Å². The molecule has 0 atom stereocenters. The van der Waals surface area contributed by atoms with Crippen molar-refractivity contribution in [3.05, 3.63) is 23.6 Å². The summed E-state index contributed by atoms with van der Waals surface area (Å²) in [5.74, 6) is 0.223. The van der Waals surface area contributed by atoms with Crippen LogP contribution in [0.15, 0.2) is 12.3 Å². The van der Waals surface area contributed by atoms with Gasteiger partial charge in [0.05, 0.1) is 5.88 Å². The maximum Gasteiger partial charge on any atom is 0.170 e. The molecule has 0 aliphatic rings. The van der Waals surface area contributed by atoms with Crippen LogP contribution in [0.3, 0.4) is 0 Å². The van der Waals surface area contributed by atoms with E-state index in [9.17, 15) is 4.39 Å². The number of nitrogens with zero attached hydrogens (tertiary/aromatic N) is 2. The minimum Gasteiger partial charge on any atom is -0.358 e. The summed E-state index contributed by atoms with van der Waals surface area (Å²) in [5.41, 5.74) is 0.493. The molecule has 0 fully saturated rings. The summed E-state index contributed by atoms with van der Waals surface area (Å²) < 4.78 is 13.5. The molecular weight excluding hydrogens is 191 g/mol. The van der Waals surface area contributed by atoms with Crippen LogP contribution in [-0.4, -0.2) is 18.6 Å². The number of anilines is 1. The molecule has 0 aliphatic carbocycles. The zero-order chi connectivity index (χ0) is 9.84. The van der Waals surface area contributed by atoms with Gasteiger partial charge in [0.1, 0.15) is 0 Å². The monoisotopic (exact) mass is 202 g/mol. The molecule has 0 saturated carbocycles. The van der Waals surface area contributed by atoms with E-state index < -0.39 is 0 Å². The number of halogens is 2. The van der Waals surface area contributed by atoms with E-state index in [-0.39, 0.29) is 11.7 Å². The molecule has 1 aromatic rings. The van der Waals surface area contributed by atoms with Crippen LogP contribution in [0.5, 0.6) is 0 Å². The molecule has 0 amide bonds. The van der Waals surface area contributed by atoms with Crippen LogP contribution in [0, 0.1) is 5.82 Å². The third kappa shape index (κ3) is 2.10. The van der Waals surface area contributed by atoms with Crippen molar-refractivity contribution in [3.8, 4) is 0 Å². The van der Waals surface area contributed by atoms with Crippen molar-refractivity contribution in [2.45, 2.75) is 12.8 Å². The second-order valence-electron chi connectivity index (χ2n) is 2.76. The number of aromatic nitrogens is 1. The lowest BCUT2D eigenvalue weighted by molar-refractivity contribution is 0.606. The van der Waals surface area contributed by atoms with Crippen LogP contribution in [0.1, 0.15) is 12.5 Å². The Kier molecular flexibility index (Phi) is 3.48. The lowest BCUT2D eigenvalue weighted by Gasteiger charge is -2.16. The highest BCUT2D eigenvalue weighted by molar-refractivity contribution is 6.17. The van der Waals surface area contributed by atoms with Gasteiger partial charge in [0, 0.05) is 25.4 Å². The third-order valence-corrected chi connectivity index (χ3v) is 2.22. The zero-order valence-corrected chi connectivity index (χ0v) is 8.48. The third-order valence-electron chi connectivity index (χ3n) is 1.93. The first-order chi connectivity index (χ1) is 6.20. The molecule has 0 aromatic carbocycles. The topological polar surface area (TPSA) is 16.1 Å². The van der Waals surface area contributed by atoms with Crippen molar-refractivity contribution in [2.24, 2.45) is 0 Å². The maximum atomic E-state index is 13.5. The SMILES string of the molecule is CCN(C)c1nccc(CCl)c1F. The molecule has 0 unspecified atom stereocenters. The van der Waals surface area contributed by atoms with Crippen molar-refractivity contribution in [1.29, 1.82) is 0 Å². The smallest absolute Gasteiger partial charge is 0.170 e. The Morgan fingerprint density at radius 2 is 2.31 bits per heavy atom. The lowest BCUT2D eigenvalue weighted by atomic mass is 10.2. The minimum atomic E-state index is -0.318. The number of pyridine rings is 1. The van der Waals surface area contributed by atoms with E-state index in [0.717, 1.165) is 6.54 Å². The van der Waals surface area contributed by atoms with Gasteiger partial charge < -0.3 is 4.90 Å². The minimum absolute atomic E-state index is 0.179. The average molecular weight is 203 g/mol. The van der Waals surface area contributed by atoms with Gasteiger partial charge in [0.25, 0.3) is 0 Å². The standard InChI is InChI=1S/C9H12ClFN2/c1-3-13(2)9-8(11)7(6-10)4-5-12-9/h4-5H,3,6H2,1-2H3. The van der Waals surface area contributed by atoms with Crippen molar-refractivity contribution in [2.75, 3.05) is 18.5 Å². The lowest BCUT2D eigenvalue weighted by Crippen LogP contribution is -2.19. The largest absolute Gasteiger partial charge is 0.358 e. The van der Waals surface area contributed by atoms with E-state index in [1.807, 2.05) is 6.92 Å². The van der Waals surface area contributed by atoms with Crippen molar-refractivity contribution >= 4 is 17.4 Å². The Morgan fingerprint density at radius 3 is 2.85 bits per heavy atom. The molecule has 0 radical (unpaired) electrons. The molecular formula is C9H12ClFN2. The summed E-state index contributed by atoms with van der Waals surface area (Å²) in [5, 5.41) is 0. The Hall–Kier alpha value is -0.830. The predicted molar refractivity (Wildman–Crippen MR) is 52.7 cm³/mol. The fourth-order valence-electron chi connectivity index (χ4n) is 0.990. The van der Waals surface area contributed by atoms with Crippen molar-refractivity contribution < 1.29 is 4.39 Å². The summed E-state index contributed by atoms with van der Waals surface area (Å²) in [6, 6.07) is 1.59. The molecule has 0 spiro atoms. The predicted octanol–water partition coefficient (Wildman–Crippen LogP) is 2.42. The summed E-state index contributed by atoms with van der Waals surface area (Å²) in [4.78, 5) is 5.69. The van der Waals surface area contributed by atoms with Gasteiger partial charge in [0.15, 0.2) is 11.6 Å². The first-order valence-corrected chi connectivity index (χ1v) is 4.64. The highest BCUT2D eigenvalue weighted by atomic mass is 35.5. The Labute approximate surface area is 82.3 Å². The molecule has 4 heteroatoms. The second kappa shape index (κ2) is 4.42. The van der Waals surface area contributed by atoms with Gasteiger partial charge in [-0.05, 0) is 13.0 Å². The summed E-state index contributed by atoms with van der Waals surface area (Å²) >= 11 is 5.57. The average Bonchev–Trinajstić information content (AvgIpc) is 2.17.